The summed E-state index contributed by atoms with van der Waals surface area (Å²) in [5.74, 6) is -1.85. The van der Waals surface area contributed by atoms with Gasteiger partial charge in [-0.3, -0.25) is 4.79 Å². The number of rotatable bonds is 0. The molecular weight excluding hydrogens is 412 g/mol. The van der Waals surface area contributed by atoms with E-state index in [1.165, 1.54) is 13.0 Å². The summed E-state index contributed by atoms with van der Waals surface area (Å²) in [5.41, 5.74) is -5.02. The van der Waals surface area contributed by atoms with Gasteiger partial charge in [-0.05, 0) is 53.0 Å². The van der Waals surface area contributed by atoms with Crippen LogP contribution in [-0.2, 0) is 28.6 Å². The van der Waals surface area contributed by atoms with Gasteiger partial charge in [0.15, 0.2) is 0 Å². The molecule has 2 saturated heterocycles. The van der Waals surface area contributed by atoms with Crippen molar-refractivity contribution < 1.29 is 33.7 Å². The molecule has 5 aliphatic rings. The molecule has 172 valence electrons. The largest absolute Gasteiger partial charge is 0.458 e. The zero-order valence-electron chi connectivity index (χ0n) is 19.5. The molecule has 2 spiro atoms. The molecule has 3 fully saturated rings. The minimum Gasteiger partial charge on any atom is -0.458 e. The predicted octanol–water partition coefficient (Wildman–Crippen LogP) is 2.92. The average Bonchev–Trinajstić information content (AvgIpc) is 2.89. The maximum Gasteiger partial charge on any atom is 0.344 e. The lowest BCUT2D eigenvalue weighted by molar-refractivity contribution is -0.227. The van der Waals surface area contributed by atoms with Crippen LogP contribution in [0.25, 0.3) is 0 Å². The Morgan fingerprint density at radius 1 is 1.06 bits per heavy atom. The van der Waals surface area contributed by atoms with Crippen molar-refractivity contribution in [3.8, 4) is 0 Å². The molecule has 2 aliphatic carbocycles. The van der Waals surface area contributed by atoms with E-state index in [4.69, 9.17) is 14.2 Å². The molecule has 32 heavy (non-hydrogen) atoms. The zero-order valence-corrected chi connectivity index (χ0v) is 19.5. The smallest absolute Gasteiger partial charge is 0.344 e. The van der Waals surface area contributed by atoms with E-state index in [1.54, 1.807) is 6.92 Å². The van der Waals surface area contributed by atoms with Crippen LogP contribution in [0.3, 0.4) is 0 Å². The van der Waals surface area contributed by atoms with E-state index in [-0.39, 0.29) is 5.97 Å². The summed E-state index contributed by atoms with van der Waals surface area (Å²) in [5, 5.41) is 11.8. The number of cyclic esters (lactones) is 2. The first kappa shape index (κ1) is 21.4. The number of hydrogen-bond donors (Lipinski definition) is 1. The second-order valence-corrected chi connectivity index (χ2v) is 11.0. The third kappa shape index (κ3) is 1.85. The molecule has 0 aromatic heterocycles. The van der Waals surface area contributed by atoms with Crippen molar-refractivity contribution in [1.29, 1.82) is 0 Å². The molecule has 0 aromatic rings. The molecule has 0 aromatic carbocycles. The number of carbonyl (C=O) groups is 3. The Hall–Kier alpha value is -2.41. The predicted molar refractivity (Wildman–Crippen MR) is 113 cm³/mol. The van der Waals surface area contributed by atoms with Gasteiger partial charge >= 0.3 is 17.9 Å². The molecule has 1 N–H and O–H groups in total. The molecule has 3 aliphatic heterocycles. The molecule has 1 saturated carbocycles. The summed E-state index contributed by atoms with van der Waals surface area (Å²) in [6.45, 7) is 15.2. The Labute approximate surface area is 187 Å². The van der Waals surface area contributed by atoms with Crippen molar-refractivity contribution >= 4 is 17.9 Å². The van der Waals surface area contributed by atoms with Crippen molar-refractivity contribution in [2.45, 2.75) is 83.7 Å². The van der Waals surface area contributed by atoms with Crippen LogP contribution in [-0.4, -0.2) is 45.9 Å². The standard InChI is InChI=1S/C25H30O7/c1-13-16-12-22(7)14(2)24(18(27)30-15(3)25(24,29)19(28)32-22)21(16,6)10-11-23(13)9-8-17(26)31-20(23,4)5/h8-9,15,29H,2,10-12H2,1,3-7H3/t15-,21+,22-,23+,24+,25-/m0/s1. The van der Waals surface area contributed by atoms with Crippen LogP contribution in [0.2, 0.25) is 0 Å². The monoisotopic (exact) mass is 442 g/mol. The van der Waals surface area contributed by atoms with Crippen molar-refractivity contribution in [1.82, 2.24) is 0 Å². The van der Waals surface area contributed by atoms with Gasteiger partial charge in [-0.15, -0.1) is 0 Å². The zero-order chi connectivity index (χ0) is 23.7. The number of esters is 3. The molecule has 0 radical (unpaired) electrons. The Bertz CT molecular complexity index is 1080. The lowest BCUT2D eigenvalue weighted by atomic mass is 9.38. The molecule has 0 amide bonds. The molecule has 0 unspecified atom stereocenters. The number of fused-ring (bicyclic) bond motifs is 2. The second kappa shape index (κ2) is 5.56. The third-order valence-corrected chi connectivity index (χ3v) is 9.55. The van der Waals surface area contributed by atoms with Crippen LogP contribution >= 0.6 is 0 Å². The lowest BCUT2D eigenvalue weighted by Crippen LogP contribution is -2.75. The van der Waals surface area contributed by atoms with Gasteiger partial charge in [0.2, 0.25) is 5.60 Å². The first-order chi connectivity index (χ1) is 14.6. The van der Waals surface area contributed by atoms with Crippen LogP contribution in [0.1, 0.15) is 60.8 Å². The van der Waals surface area contributed by atoms with E-state index in [0.29, 0.717) is 24.8 Å². The second-order valence-electron chi connectivity index (χ2n) is 11.0. The molecular formula is C25H30O7. The van der Waals surface area contributed by atoms with Gasteiger partial charge < -0.3 is 19.3 Å². The minimum atomic E-state index is -2.17. The Kier molecular flexibility index (Phi) is 3.72. The van der Waals surface area contributed by atoms with Crippen LogP contribution in [0.5, 0.6) is 0 Å². The SMILES string of the molecule is C=C1[C@]23C(=O)O[C@@H](C)[C@]2(O)C(=O)O[C@@]1(C)CC1=C(C)[C@@]2(C=CC(=O)OC2(C)C)CC[C@]13C. The summed E-state index contributed by atoms with van der Waals surface area (Å²) < 4.78 is 17.1. The van der Waals surface area contributed by atoms with Crippen molar-refractivity contribution in [3.05, 3.63) is 35.5 Å². The van der Waals surface area contributed by atoms with E-state index in [0.717, 1.165) is 11.1 Å². The first-order valence-electron chi connectivity index (χ1n) is 11.1. The van der Waals surface area contributed by atoms with Gasteiger partial charge in [0.05, 0.1) is 0 Å². The maximum absolute atomic E-state index is 13.6. The van der Waals surface area contributed by atoms with Gasteiger partial charge in [0.25, 0.3) is 0 Å². The molecule has 6 atom stereocenters. The minimum absolute atomic E-state index is 0.346. The normalized spacial score (nSPS) is 48.8. The van der Waals surface area contributed by atoms with Crippen molar-refractivity contribution in [2.75, 3.05) is 0 Å². The Balaban J connectivity index is 1.85. The molecule has 3 heterocycles. The quantitative estimate of drug-likeness (QED) is 0.350. The summed E-state index contributed by atoms with van der Waals surface area (Å²) in [4.78, 5) is 38.8. The first-order valence-corrected chi connectivity index (χ1v) is 11.1. The number of carbonyl (C=O) groups excluding carboxylic acids is 3. The van der Waals surface area contributed by atoms with E-state index >= 15 is 0 Å². The molecule has 2 bridgehead atoms. The van der Waals surface area contributed by atoms with Gasteiger partial charge in [-0.2, -0.15) is 0 Å². The van der Waals surface area contributed by atoms with Crippen LogP contribution < -0.4 is 0 Å². The van der Waals surface area contributed by atoms with E-state index in [9.17, 15) is 19.5 Å². The fraction of sp³-hybridized carbons (Fsp3) is 0.640. The highest BCUT2D eigenvalue weighted by Crippen LogP contribution is 2.74. The summed E-state index contributed by atoms with van der Waals surface area (Å²) in [7, 11) is 0. The maximum atomic E-state index is 13.6. The molecule has 5 rings (SSSR count). The van der Waals surface area contributed by atoms with Gasteiger partial charge in [0.1, 0.15) is 22.7 Å². The highest BCUT2D eigenvalue weighted by molar-refractivity contribution is 6.01. The van der Waals surface area contributed by atoms with Crippen molar-refractivity contribution in [2.24, 2.45) is 16.2 Å². The summed E-state index contributed by atoms with van der Waals surface area (Å²) in [6.07, 6.45) is 3.68. The summed E-state index contributed by atoms with van der Waals surface area (Å²) in [6, 6.07) is 0. The average molecular weight is 443 g/mol. The Morgan fingerprint density at radius 3 is 2.34 bits per heavy atom. The van der Waals surface area contributed by atoms with E-state index < -0.39 is 51.1 Å². The van der Waals surface area contributed by atoms with E-state index in [1.807, 2.05) is 33.8 Å². The van der Waals surface area contributed by atoms with Gasteiger partial charge in [0, 0.05) is 23.3 Å². The lowest BCUT2D eigenvalue weighted by Gasteiger charge is -2.66. The third-order valence-electron chi connectivity index (χ3n) is 9.55. The Morgan fingerprint density at radius 2 is 1.72 bits per heavy atom. The molecule has 7 nitrogen and oxygen atoms in total. The summed E-state index contributed by atoms with van der Waals surface area (Å²) >= 11 is 0. The van der Waals surface area contributed by atoms with Crippen LogP contribution in [0.4, 0.5) is 0 Å². The molecule has 7 heteroatoms. The number of ether oxygens (including phenoxy) is 3. The number of hydrogen-bond acceptors (Lipinski definition) is 7. The highest BCUT2D eigenvalue weighted by atomic mass is 16.6. The topological polar surface area (TPSA) is 99.1 Å². The highest BCUT2D eigenvalue weighted by Gasteiger charge is 2.85. The van der Waals surface area contributed by atoms with Crippen LogP contribution in [0, 0.1) is 16.2 Å². The van der Waals surface area contributed by atoms with Crippen LogP contribution in [0.15, 0.2) is 35.5 Å². The van der Waals surface area contributed by atoms with Gasteiger partial charge in [-0.1, -0.05) is 30.7 Å². The fourth-order valence-electron chi connectivity index (χ4n) is 7.63. The van der Waals surface area contributed by atoms with Gasteiger partial charge in [-0.25, -0.2) is 9.59 Å². The van der Waals surface area contributed by atoms with E-state index in [2.05, 4.69) is 6.58 Å². The van der Waals surface area contributed by atoms with Crippen molar-refractivity contribution in [3.63, 3.8) is 0 Å². The number of aliphatic hydroxyl groups is 1. The fourth-order valence-corrected chi connectivity index (χ4v) is 7.63.